The highest BCUT2D eigenvalue weighted by atomic mass is 16.6. The zero-order valence-electron chi connectivity index (χ0n) is 35.5. The molecule has 0 saturated carbocycles. The van der Waals surface area contributed by atoms with Crippen LogP contribution in [0.3, 0.4) is 0 Å². The molecule has 0 spiro atoms. The average molecular weight is 701 g/mol. The van der Waals surface area contributed by atoms with Crippen LogP contribution >= 0.6 is 0 Å². The van der Waals surface area contributed by atoms with Gasteiger partial charge in [0.2, 0.25) is 0 Å². The largest absolute Gasteiger partial charge is 0.461 e. The highest BCUT2D eigenvalue weighted by Crippen LogP contribution is 2.53. The molecule has 1 aliphatic carbocycles. The summed E-state index contributed by atoms with van der Waals surface area (Å²) in [7, 11) is 4.28. The molecule has 2 unspecified atom stereocenters. The molecule has 7 heteroatoms. The molecular weight excluding hydrogens is 624 g/mol. The normalized spacial score (nSPS) is 28.1. The van der Waals surface area contributed by atoms with Crippen LogP contribution in [0.25, 0.3) is 0 Å². The van der Waals surface area contributed by atoms with Crippen molar-refractivity contribution < 1.29 is 24.2 Å². The number of ether oxygens (including phenoxy) is 2. The third-order valence-electron chi connectivity index (χ3n) is 13.5. The minimum Gasteiger partial charge on any atom is -0.461 e. The lowest BCUT2D eigenvalue weighted by atomic mass is 9.57. The Hall–Kier alpha value is -1.70. The van der Waals surface area contributed by atoms with E-state index in [1.807, 2.05) is 0 Å². The van der Waals surface area contributed by atoms with Gasteiger partial charge in [0.1, 0.15) is 12.2 Å². The van der Waals surface area contributed by atoms with E-state index in [0.717, 1.165) is 17.6 Å². The molecule has 0 bridgehead atoms. The molecule has 2 fully saturated rings. The fraction of sp³-hybridized carbons (Fsp3) is 0.860. The van der Waals surface area contributed by atoms with E-state index in [1.54, 1.807) is 0 Å². The topological polar surface area (TPSA) is 79.3 Å². The zero-order chi connectivity index (χ0) is 38.7. The van der Waals surface area contributed by atoms with Crippen LogP contribution in [0.1, 0.15) is 162 Å². The highest BCUT2D eigenvalue weighted by molar-refractivity contribution is 6.00. The van der Waals surface area contributed by atoms with E-state index in [4.69, 9.17) is 9.47 Å². The van der Waals surface area contributed by atoms with Gasteiger partial charge in [-0.15, -0.1) is 0 Å². The molecule has 0 aromatic rings. The smallest absolute Gasteiger partial charge is 0.324 e. The Kier molecular flexibility index (Phi) is 11.9. The fourth-order valence-corrected chi connectivity index (χ4v) is 9.06. The van der Waals surface area contributed by atoms with Crippen LogP contribution in [0.15, 0.2) is 23.3 Å². The van der Waals surface area contributed by atoms with Crippen molar-refractivity contribution in [1.82, 2.24) is 9.80 Å². The second-order valence-electron chi connectivity index (χ2n) is 21.1. The number of esters is 2. The van der Waals surface area contributed by atoms with Gasteiger partial charge in [-0.2, -0.15) is 0 Å². The maximum Gasteiger partial charge on any atom is 0.324 e. The molecule has 7 nitrogen and oxygen atoms in total. The third kappa shape index (κ3) is 8.41. The number of nitrogens with zero attached hydrogens (tertiary/aromatic N) is 2. The van der Waals surface area contributed by atoms with Crippen molar-refractivity contribution >= 4 is 11.9 Å². The lowest BCUT2D eigenvalue weighted by Crippen LogP contribution is -2.61. The van der Waals surface area contributed by atoms with Gasteiger partial charge < -0.3 is 14.6 Å². The second-order valence-corrected chi connectivity index (χ2v) is 21.1. The number of rotatable bonds is 9. The molecular formula is C43H76N2O5. The predicted octanol–water partition coefficient (Wildman–Crippen LogP) is 9.27. The minimum atomic E-state index is -1.53. The van der Waals surface area contributed by atoms with Crippen LogP contribution in [-0.4, -0.2) is 81.4 Å². The van der Waals surface area contributed by atoms with E-state index in [9.17, 15) is 5.11 Å². The first-order chi connectivity index (χ1) is 22.4. The van der Waals surface area contributed by atoms with Gasteiger partial charge in [0.25, 0.3) is 0 Å². The lowest BCUT2D eigenvalue weighted by Gasteiger charge is -2.54. The van der Waals surface area contributed by atoms with Crippen LogP contribution < -0.4 is 0 Å². The van der Waals surface area contributed by atoms with Gasteiger partial charge >= 0.3 is 11.9 Å². The van der Waals surface area contributed by atoms with Crippen molar-refractivity contribution in [3.8, 4) is 0 Å². The Balaban J connectivity index is 2.20. The van der Waals surface area contributed by atoms with Crippen molar-refractivity contribution in [2.45, 2.75) is 203 Å². The van der Waals surface area contributed by atoms with Crippen LogP contribution in [0.5, 0.6) is 0 Å². The van der Waals surface area contributed by atoms with Crippen LogP contribution in [0, 0.1) is 21.7 Å². The van der Waals surface area contributed by atoms with Crippen molar-refractivity contribution in [2.24, 2.45) is 21.7 Å². The maximum atomic E-state index is 15.1. The molecule has 288 valence electrons. The summed E-state index contributed by atoms with van der Waals surface area (Å²) >= 11 is 0. The Morgan fingerprint density at radius 2 is 1.14 bits per heavy atom. The van der Waals surface area contributed by atoms with Gasteiger partial charge in [-0.25, -0.2) is 0 Å². The molecule has 2 aliphatic heterocycles. The van der Waals surface area contributed by atoms with Crippen molar-refractivity contribution in [1.29, 1.82) is 0 Å². The molecule has 0 radical (unpaired) electrons. The van der Waals surface area contributed by atoms with Gasteiger partial charge in [0, 0.05) is 53.3 Å². The number of hydrogen-bond donors (Lipinski definition) is 1. The molecule has 0 aromatic carbocycles. The first kappa shape index (κ1) is 42.7. The predicted molar refractivity (Wildman–Crippen MR) is 206 cm³/mol. The zero-order valence-corrected chi connectivity index (χ0v) is 35.5. The summed E-state index contributed by atoms with van der Waals surface area (Å²) in [6.07, 6.45) is 7.56. The molecule has 50 heavy (non-hydrogen) atoms. The molecule has 3 rings (SSSR count). The van der Waals surface area contributed by atoms with E-state index in [1.165, 1.54) is 0 Å². The maximum absolute atomic E-state index is 15.1. The number of carbonyl (C=O) groups excluding carboxylic acids is 2. The molecule has 0 aromatic heterocycles. The molecule has 2 saturated heterocycles. The summed E-state index contributed by atoms with van der Waals surface area (Å²) in [5, 5.41) is 11.9. The van der Waals surface area contributed by atoms with Crippen molar-refractivity contribution in [3.63, 3.8) is 0 Å². The van der Waals surface area contributed by atoms with Crippen molar-refractivity contribution in [2.75, 3.05) is 14.1 Å². The van der Waals surface area contributed by atoms with E-state index in [2.05, 4.69) is 147 Å². The number of aliphatic hydroxyl groups is 1. The number of piperidine rings is 2. The minimum absolute atomic E-state index is 0.168. The third-order valence-corrected chi connectivity index (χ3v) is 13.5. The number of allylic oxidation sites excluding steroid dienone is 2. The molecule has 2 heterocycles. The van der Waals surface area contributed by atoms with Crippen LogP contribution in [0.4, 0.5) is 0 Å². The Morgan fingerprint density at radius 3 is 1.46 bits per heavy atom. The van der Waals surface area contributed by atoms with Gasteiger partial charge in [0.15, 0.2) is 5.41 Å². The van der Waals surface area contributed by atoms with Crippen LogP contribution in [0.2, 0.25) is 0 Å². The first-order valence-electron chi connectivity index (χ1n) is 19.4. The molecule has 1 N–H and O–H groups in total. The summed E-state index contributed by atoms with van der Waals surface area (Å²) in [6, 6.07) is 0. The summed E-state index contributed by atoms with van der Waals surface area (Å²) in [5.41, 5.74) is -1.74. The van der Waals surface area contributed by atoms with E-state index in [0.29, 0.717) is 38.5 Å². The monoisotopic (exact) mass is 701 g/mol. The number of unbranched alkanes of at least 4 members (excludes halogenated alkanes) is 1. The average Bonchev–Trinajstić information content (AvgIpc) is 2.92. The molecule has 2 atom stereocenters. The van der Waals surface area contributed by atoms with Gasteiger partial charge in [-0.05, 0) is 104 Å². The highest BCUT2D eigenvalue weighted by Gasteiger charge is 2.55. The summed E-state index contributed by atoms with van der Waals surface area (Å²) < 4.78 is 13.2. The van der Waals surface area contributed by atoms with E-state index < -0.39 is 28.9 Å². The summed E-state index contributed by atoms with van der Waals surface area (Å²) in [4.78, 5) is 34.9. The van der Waals surface area contributed by atoms with Gasteiger partial charge in [-0.1, -0.05) is 80.4 Å². The standard InChI is InChI=1S/C43H76N2O5/c1-19-20-21-43(34(47)49-30-25-38(8,9)44(17)39(10,11)26-30,35(48)50-31-27-40(12,13)45(18)41(14,15)28-31)24-29-22-32(36(2,3)4)33(46)42(16,23-29)37(5,6)7/h22-23,30-31,33,46H,19-21,24-28H2,1-18H3. The number of hydrogen-bond acceptors (Lipinski definition) is 7. The van der Waals surface area contributed by atoms with Crippen LogP contribution in [-0.2, 0) is 19.1 Å². The first-order valence-corrected chi connectivity index (χ1v) is 19.4. The molecule has 3 aliphatic rings. The number of carbonyl (C=O) groups is 2. The number of likely N-dealkylation sites (tertiary alicyclic amines) is 2. The van der Waals surface area contributed by atoms with E-state index in [-0.39, 0.29) is 51.6 Å². The summed E-state index contributed by atoms with van der Waals surface area (Å²) in [5.74, 6) is -0.947. The second kappa shape index (κ2) is 13.9. The van der Waals surface area contributed by atoms with E-state index >= 15 is 9.59 Å². The fourth-order valence-electron chi connectivity index (χ4n) is 9.06. The summed E-state index contributed by atoms with van der Waals surface area (Å²) in [6.45, 7) is 34.6. The molecule has 0 amide bonds. The quantitative estimate of drug-likeness (QED) is 0.190. The Bertz CT molecular complexity index is 1230. The SMILES string of the molecule is CCCCC(CC1=CC(C)(C(C)(C)C)C(O)C(C(C)(C)C)=C1)(C(=O)OC1CC(C)(C)N(C)C(C)(C)C1)C(=O)OC1CC(C)(C)N(C)C(C)(C)C1. The Labute approximate surface area is 307 Å². The number of aliphatic hydroxyl groups excluding tert-OH is 1. The van der Waals surface area contributed by atoms with Gasteiger partial charge in [0.05, 0.1) is 6.10 Å². The van der Waals surface area contributed by atoms with Crippen molar-refractivity contribution in [3.05, 3.63) is 23.3 Å². The van der Waals surface area contributed by atoms with Gasteiger partial charge in [-0.3, -0.25) is 19.4 Å². The lowest BCUT2D eigenvalue weighted by molar-refractivity contribution is -0.188. The Morgan fingerprint density at radius 1 is 0.760 bits per heavy atom.